The lowest BCUT2D eigenvalue weighted by Crippen LogP contribution is -2.32. The zero-order valence-electron chi connectivity index (χ0n) is 16.0. The molecule has 1 amide bonds. The molecule has 0 fully saturated rings. The zero-order valence-corrected chi connectivity index (χ0v) is 16.0. The number of methoxy groups -OCH3 is 2. The maximum Gasteiger partial charge on any atom is 0.223 e. The van der Waals surface area contributed by atoms with Crippen molar-refractivity contribution in [2.45, 2.75) is 32.4 Å². The highest BCUT2D eigenvalue weighted by molar-refractivity contribution is 5.77. The van der Waals surface area contributed by atoms with Crippen molar-refractivity contribution in [1.29, 1.82) is 0 Å². The van der Waals surface area contributed by atoms with Gasteiger partial charge in [-0.1, -0.05) is 0 Å². The molecule has 26 heavy (non-hydrogen) atoms. The van der Waals surface area contributed by atoms with Crippen molar-refractivity contribution in [2.24, 2.45) is 7.05 Å². The number of hydrogen-bond acceptors (Lipinski definition) is 5. The monoisotopic (exact) mass is 361 g/mol. The number of carbonyl (C=O) groups excluding carboxylic acids is 1. The second-order valence-electron chi connectivity index (χ2n) is 6.21. The summed E-state index contributed by atoms with van der Waals surface area (Å²) >= 11 is 0. The Morgan fingerprint density at radius 2 is 1.85 bits per heavy atom. The second-order valence-corrected chi connectivity index (χ2v) is 6.21. The van der Waals surface area contributed by atoms with Gasteiger partial charge in [-0.15, -0.1) is 0 Å². The summed E-state index contributed by atoms with van der Waals surface area (Å²) < 4.78 is 18.0. The van der Waals surface area contributed by atoms with Gasteiger partial charge in [0.15, 0.2) is 0 Å². The van der Waals surface area contributed by atoms with Crippen molar-refractivity contribution in [3.05, 3.63) is 42.0 Å². The van der Waals surface area contributed by atoms with Gasteiger partial charge in [-0.3, -0.25) is 4.79 Å². The third kappa shape index (κ3) is 5.23. The summed E-state index contributed by atoms with van der Waals surface area (Å²) in [6, 6.07) is 5.10. The van der Waals surface area contributed by atoms with Crippen molar-refractivity contribution in [2.75, 3.05) is 20.8 Å². The molecule has 0 spiro atoms. The number of carbonyl (C=O) groups is 1. The van der Waals surface area contributed by atoms with E-state index in [2.05, 4.69) is 10.3 Å². The Balaban J connectivity index is 2.28. The van der Waals surface area contributed by atoms with Crippen molar-refractivity contribution in [3.8, 4) is 11.5 Å². The smallest absolute Gasteiger partial charge is 0.223 e. The molecule has 0 saturated heterocycles. The standard InChI is InChI=1S/C19H27N3O4/c1-13(2)26-9-6-17(23)21-18(19-20-7-8-22(19)3)14-10-15(24-4)12-16(11-14)25-5/h7-8,10-13,18H,6,9H2,1-5H3,(H,21,23). The minimum Gasteiger partial charge on any atom is -0.497 e. The number of hydrogen-bond donors (Lipinski definition) is 1. The SMILES string of the molecule is COc1cc(OC)cc(C(NC(=O)CCOC(C)C)c2nccn2C)c1. The Morgan fingerprint density at radius 1 is 1.19 bits per heavy atom. The third-order valence-electron chi connectivity index (χ3n) is 3.91. The summed E-state index contributed by atoms with van der Waals surface area (Å²) in [7, 11) is 5.08. The van der Waals surface area contributed by atoms with Crippen molar-refractivity contribution < 1.29 is 19.0 Å². The summed E-state index contributed by atoms with van der Waals surface area (Å²) in [6.07, 6.45) is 3.91. The van der Waals surface area contributed by atoms with Crippen molar-refractivity contribution >= 4 is 5.91 Å². The fourth-order valence-corrected chi connectivity index (χ4v) is 2.57. The van der Waals surface area contributed by atoms with Crippen LogP contribution < -0.4 is 14.8 Å². The minimum absolute atomic E-state index is 0.0933. The molecule has 1 atom stereocenters. The predicted octanol–water partition coefficient (Wildman–Crippen LogP) is 2.46. The van der Waals surface area contributed by atoms with Crippen LogP contribution in [0.2, 0.25) is 0 Å². The highest BCUT2D eigenvalue weighted by atomic mass is 16.5. The van der Waals surface area contributed by atoms with Gasteiger partial charge >= 0.3 is 0 Å². The average molecular weight is 361 g/mol. The predicted molar refractivity (Wildman–Crippen MR) is 98.4 cm³/mol. The maximum absolute atomic E-state index is 12.4. The van der Waals surface area contributed by atoms with Crippen LogP contribution in [0, 0.1) is 0 Å². The van der Waals surface area contributed by atoms with E-state index in [1.807, 2.05) is 43.8 Å². The Bertz CT molecular complexity index is 705. The molecule has 1 N–H and O–H groups in total. The summed E-state index contributed by atoms with van der Waals surface area (Å²) in [6.45, 7) is 4.26. The van der Waals surface area contributed by atoms with Gasteiger partial charge < -0.3 is 24.1 Å². The molecule has 1 aromatic heterocycles. The molecule has 7 heteroatoms. The van der Waals surface area contributed by atoms with Crippen LogP contribution in [0.15, 0.2) is 30.6 Å². The van der Waals surface area contributed by atoms with Gasteiger partial charge in [0.25, 0.3) is 0 Å². The molecule has 1 heterocycles. The van der Waals surface area contributed by atoms with E-state index in [4.69, 9.17) is 14.2 Å². The van der Waals surface area contributed by atoms with E-state index >= 15 is 0 Å². The number of aryl methyl sites for hydroxylation is 1. The number of imidazole rings is 1. The van der Waals surface area contributed by atoms with E-state index in [0.717, 1.165) is 11.4 Å². The van der Waals surface area contributed by atoms with Gasteiger partial charge in [0.1, 0.15) is 23.4 Å². The van der Waals surface area contributed by atoms with Crippen LogP contribution in [0.3, 0.4) is 0 Å². The zero-order chi connectivity index (χ0) is 19.1. The maximum atomic E-state index is 12.4. The number of benzene rings is 1. The minimum atomic E-state index is -0.425. The molecule has 0 aliphatic carbocycles. The first-order valence-corrected chi connectivity index (χ1v) is 8.55. The first kappa shape index (κ1) is 19.8. The number of amides is 1. The van der Waals surface area contributed by atoms with E-state index in [1.54, 1.807) is 26.5 Å². The molecule has 0 radical (unpaired) electrons. The van der Waals surface area contributed by atoms with Crippen LogP contribution in [-0.4, -0.2) is 42.4 Å². The third-order valence-corrected chi connectivity index (χ3v) is 3.91. The fourth-order valence-electron chi connectivity index (χ4n) is 2.57. The quantitative estimate of drug-likeness (QED) is 0.743. The number of nitrogens with one attached hydrogen (secondary N) is 1. The normalized spacial score (nSPS) is 12.1. The first-order valence-electron chi connectivity index (χ1n) is 8.55. The number of ether oxygens (including phenoxy) is 3. The van der Waals surface area contributed by atoms with Gasteiger partial charge in [0.05, 0.1) is 26.9 Å². The molecule has 7 nitrogen and oxygen atoms in total. The van der Waals surface area contributed by atoms with Gasteiger partial charge in [0, 0.05) is 31.9 Å². The Kier molecular flexibility index (Phi) is 7.03. The van der Waals surface area contributed by atoms with Crippen LogP contribution in [0.4, 0.5) is 0 Å². The molecule has 0 aliphatic rings. The van der Waals surface area contributed by atoms with Gasteiger partial charge in [-0.25, -0.2) is 4.98 Å². The lowest BCUT2D eigenvalue weighted by atomic mass is 10.0. The average Bonchev–Trinajstić information content (AvgIpc) is 3.04. The van der Waals surface area contributed by atoms with E-state index < -0.39 is 6.04 Å². The van der Waals surface area contributed by atoms with E-state index in [-0.39, 0.29) is 18.4 Å². The van der Waals surface area contributed by atoms with Crippen LogP contribution in [-0.2, 0) is 16.6 Å². The van der Waals surface area contributed by atoms with Crippen LogP contribution in [0.25, 0.3) is 0 Å². The molecule has 2 rings (SSSR count). The lowest BCUT2D eigenvalue weighted by molar-refractivity contribution is -0.123. The molecular weight excluding hydrogens is 334 g/mol. The summed E-state index contributed by atoms with van der Waals surface area (Å²) in [5.41, 5.74) is 0.827. The van der Waals surface area contributed by atoms with Crippen molar-refractivity contribution in [3.63, 3.8) is 0 Å². The van der Waals surface area contributed by atoms with Crippen LogP contribution in [0.1, 0.15) is 37.7 Å². The highest BCUT2D eigenvalue weighted by Crippen LogP contribution is 2.29. The van der Waals surface area contributed by atoms with E-state index in [1.165, 1.54) is 0 Å². The second kappa shape index (κ2) is 9.24. The van der Waals surface area contributed by atoms with Gasteiger partial charge in [-0.05, 0) is 31.5 Å². The highest BCUT2D eigenvalue weighted by Gasteiger charge is 2.22. The molecule has 1 unspecified atom stereocenters. The van der Waals surface area contributed by atoms with E-state index in [0.29, 0.717) is 18.1 Å². The molecule has 2 aromatic rings. The van der Waals surface area contributed by atoms with Crippen molar-refractivity contribution in [1.82, 2.24) is 14.9 Å². The van der Waals surface area contributed by atoms with Crippen LogP contribution in [0.5, 0.6) is 11.5 Å². The molecule has 0 saturated carbocycles. The number of nitrogens with zero attached hydrogens (tertiary/aromatic N) is 2. The number of aromatic nitrogens is 2. The Labute approximate surface area is 154 Å². The Hall–Kier alpha value is -2.54. The lowest BCUT2D eigenvalue weighted by Gasteiger charge is -2.20. The van der Waals surface area contributed by atoms with E-state index in [9.17, 15) is 4.79 Å². The summed E-state index contributed by atoms with van der Waals surface area (Å²) in [5, 5.41) is 3.04. The molecule has 0 aliphatic heterocycles. The Morgan fingerprint density at radius 3 is 2.35 bits per heavy atom. The van der Waals surface area contributed by atoms with Crippen LogP contribution >= 0.6 is 0 Å². The van der Waals surface area contributed by atoms with Gasteiger partial charge in [-0.2, -0.15) is 0 Å². The molecular formula is C19H27N3O4. The fraction of sp³-hybridized carbons (Fsp3) is 0.474. The molecule has 1 aromatic carbocycles. The first-order chi connectivity index (χ1) is 12.4. The topological polar surface area (TPSA) is 74.6 Å². The largest absolute Gasteiger partial charge is 0.497 e. The number of rotatable bonds is 9. The molecule has 0 bridgehead atoms. The summed E-state index contributed by atoms with van der Waals surface area (Å²) in [4.78, 5) is 16.8. The summed E-state index contributed by atoms with van der Waals surface area (Å²) in [5.74, 6) is 1.91. The molecule has 142 valence electrons. The van der Waals surface area contributed by atoms with Gasteiger partial charge in [0.2, 0.25) is 5.91 Å².